The van der Waals surface area contributed by atoms with E-state index < -0.39 is 54.1 Å². The van der Waals surface area contributed by atoms with Gasteiger partial charge in [0.25, 0.3) is 0 Å². The largest absolute Gasteiger partial charge is 6.00 e. The minimum Gasteiger partial charge on any atom is -0.547 e. The first-order valence-electron chi connectivity index (χ1n) is 32.2. The Kier molecular flexibility index (Phi) is 69.2. The Morgan fingerprint density at radius 3 is 0.648 bits per heavy atom. The zero-order valence-corrected chi connectivity index (χ0v) is 55.2. The van der Waals surface area contributed by atoms with Crippen molar-refractivity contribution in [3.05, 3.63) is 72.9 Å². The normalized spacial score (nSPS) is 11.7. The van der Waals surface area contributed by atoms with Crippen molar-refractivity contribution in [1.82, 2.24) is 29.9 Å². The average molecular weight is 1320 g/mol. The summed E-state index contributed by atoms with van der Waals surface area (Å²) >= 11 is 0. The number of rotatable bonds is 48. The first-order valence-corrected chi connectivity index (χ1v) is 32.2. The minimum absolute atomic E-state index is 0. The minimum atomic E-state index is -1.34. The molecule has 6 N–H and O–H groups in total. The third kappa shape index (κ3) is 71.0. The number of aromatic nitrogens is 6. The number of hydrogen-bond acceptors (Lipinski definition) is 18. The van der Waals surface area contributed by atoms with Crippen LogP contribution in [0.1, 0.15) is 288 Å². The number of nitrogens with one attached hydrogen (secondary N) is 3. The van der Waals surface area contributed by atoms with Crippen LogP contribution in [0.5, 0.6) is 0 Å². The zero-order valence-electron chi connectivity index (χ0n) is 53.2. The molecule has 0 amide bonds. The fourth-order valence-electron chi connectivity index (χ4n) is 8.44. The van der Waals surface area contributed by atoms with E-state index in [1.807, 2.05) is 0 Å². The van der Waals surface area contributed by atoms with Gasteiger partial charge in [-0.2, -0.15) is 0 Å². The van der Waals surface area contributed by atoms with Crippen molar-refractivity contribution in [3.63, 3.8) is 0 Å². The molecule has 0 fully saturated rings. The van der Waals surface area contributed by atoms with Gasteiger partial charge >= 0.3 is 21.1 Å². The van der Waals surface area contributed by atoms with Crippen LogP contribution < -0.4 is 30.6 Å². The van der Waals surface area contributed by atoms with Crippen LogP contribution in [0.15, 0.2) is 55.8 Å². The Balaban J connectivity index is -0.000000490. The molecule has 0 radical (unpaired) electrons. The summed E-state index contributed by atoms with van der Waals surface area (Å²) in [6.45, 7) is 6.73. The average Bonchev–Trinajstić information content (AvgIpc) is 4.38. The Morgan fingerprint density at radius 1 is 0.341 bits per heavy atom. The molecule has 21 nitrogen and oxygen atoms in total. The summed E-state index contributed by atoms with van der Waals surface area (Å²) in [6.07, 6.45) is 58.1. The second-order valence-electron chi connectivity index (χ2n) is 21.5. The molecule has 0 aliphatic carbocycles. The van der Waals surface area contributed by atoms with Crippen LogP contribution in [-0.2, 0) is 49.8 Å². The predicted octanol–water partition coefficient (Wildman–Crippen LogP) is 7.08. The molecule has 0 saturated heterocycles. The van der Waals surface area contributed by atoms with E-state index in [0.717, 1.165) is 76.0 Å². The molecule has 0 bridgehead atoms. The van der Waals surface area contributed by atoms with Gasteiger partial charge in [0.2, 0.25) is 0 Å². The van der Waals surface area contributed by atoms with E-state index in [1.165, 1.54) is 211 Å². The number of H-pyrrole nitrogens is 3. The number of imidazole rings is 3. The molecule has 88 heavy (non-hydrogen) atoms. The fourth-order valence-corrected chi connectivity index (χ4v) is 8.44. The number of unbranched alkanes of at least 4 members (excludes halogenated alkanes) is 33. The number of aliphatic hydroxyl groups is 3. The maximum absolute atomic E-state index is 10.3. The number of hydrogen-bond donors (Lipinski definition) is 6. The van der Waals surface area contributed by atoms with Crippen LogP contribution in [0.4, 0.5) is 0 Å². The van der Waals surface area contributed by atoms with E-state index >= 15 is 0 Å². The summed E-state index contributed by atoms with van der Waals surface area (Å²) in [7, 11) is 0. The zero-order chi connectivity index (χ0) is 65.2. The summed E-state index contributed by atoms with van der Waals surface area (Å²) in [5, 5.41) is 87.5. The second-order valence-corrected chi connectivity index (χ2v) is 21.5. The molecular formula is C66H108MoN6O15. The summed E-state index contributed by atoms with van der Waals surface area (Å²) in [5.41, 5.74) is 1.72. The van der Waals surface area contributed by atoms with E-state index in [9.17, 15) is 59.4 Å². The molecule has 3 rings (SSSR count). The summed E-state index contributed by atoms with van der Waals surface area (Å²) in [6, 6.07) is 0. The molecule has 3 unspecified atom stereocenters. The summed E-state index contributed by atoms with van der Waals surface area (Å²) < 4.78 is 0. The predicted molar refractivity (Wildman–Crippen MR) is 328 cm³/mol. The molecule has 0 aromatic carbocycles. The topological polar surface area (TPSA) is 388 Å². The fraction of sp³-hybridized carbons (Fsp3) is 0.682. The van der Waals surface area contributed by atoms with E-state index in [4.69, 9.17) is 15.3 Å². The molecule has 0 spiro atoms. The van der Waals surface area contributed by atoms with Crippen molar-refractivity contribution in [1.29, 1.82) is 0 Å². The quantitative estimate of drug-likeness (QED) is 0.0187. The van der Waals surface area contributed by atoms with Crippen molar-refractivity contribution in [3.8, 4) is 0 Å². The Bertz CT molecular complexity index is 1870. The molecule has 3 atom stereocenters. The maximum atomic E-state index is 10.3. The van der Waals surface area contributed by atoms with Crippen molar-refractivity contribution in [2.45, 2.75) is 289 Å². The molecule has 498 valence electrons. The number of nitrogens with zero attached hydrogens (tertiary/aromatic N) is 3. The summed E-state index contributed by atoms with van der Waals surface area (Å²) in [4.78, 5) is 79.7. The van der Waals surface area contributed by atoms with Crippen molar-refractivity contribution in [2.75, 3.05) is 0 Å². The van der Waals surface area contributed by atoms with E-state index in [1.54, 1.807) is 18.6 Å². The first-order chi connectivity index (χ1) is 41.9. The standard InChI is InChI=1S/3C16H32O3.3C6H6N2O2.Mo/c3*1-2-3-4-5-6-7-8-9-10-11-12-13-14-15(17)16(18)19;3*9-6(10)2-1-5-3-7-4-8-5;/h3*15,17H,2-14H2,1H3,(H,18,19);3*1-4H,(H,7,8)(H,9,10);/q;;;;;;+6/p-6. The maximum Gasteiger partial charge on any atom is 6.00 e. The molecule has 3 heterocycles. The molecular weight excluding hydrogens is 1210 g/mol. The number of aliphatic carboxylic acids is 6. The van der Waals surface area contributed by atoms with Crippen LogP contribution in [-0.4, -0.2) is 99.4 Å². The second kappa shape index (κ2) is 68.7. The van der Waals surface area contributed by atoms with Gasteiger partial charge in [0.15, 0.2) is 0 Å². The smallest absolute Gasteiger partial charge is 0.547 e. The molecule has 0 saturated carbocycles. The number of carbonyl (C=O) groups is 6. The third-order valence-electron chi connectivity index (χ3n) is 13.5. The number of carboxylic acid groups (broad SMARTS) is 6. The van der Waals surface area contributed by atoms with Gasteiger partial charge in [-0.1, -0.05) is 252 Å². The third-order valence-corrected chi connectivity index (χ3v) is 13.5. The van der Waals surface area contributed by atoms with Crippen molar-refractivity contribution in [2.24, 2.45) is 0 Å². The van der Waals surface area contributed by atoms with Crippen LogP contribution in [0, 0.1) is 0 Å². The van der Waals surface area contributed by atoms with Crippen LogP contribution in [0.25, 0.3) is 18.2 Å². The molecule has 22 heteroatoms. The van der Waals surface area contributed by atoms with Crippen molar-refractivity contribution < 1.29 is 95.8 Å². The van der Waals surface area contributed by atoms with Gasteiger partial charge in [0.1, 0.15) is 0 Å². The molecule has 3 aromatic rings. The molecule has 0 aliphatic rings. The van der Waals surface area contributed by atoms with E-state index in [2.05, 4.69) is 50.7 Å². The Hall–Kier alpha value is -5.76. The Morgan fingerprint density at radius 2 is 0.511 bits per heavy atom. The number of carboxylic acids is 6. The van der Waals surface area contributed by atoms with Crippen molar-refractivity contribution >= 4 is 54.0 Å². The van der Waals surface area contributed by atoms with Crippen LogP contribution >= 0.6 is 0 Å². The van der Waals surface area contributed by atoms with Gasteiger partial charge in [-0.25, -0.2) is 15.0 Å². The van der Waals surface area contributed by atoms with Gasteiger partial charge < -0.3 is 89.7 Å². The van der Waals surface area contributed by atoms with Gasteiger partial charge in [-0.3, -0.25) is 0 Å². The van der Waals surface area contributed by atoms with Gasteiger partial charge in [-0.15, -0.1) is 0 Å². The number of aliphatic hydroxyl groups excluding tert-OH is 3. The molecule has 0 aliphatic heterocycles. The van der Waals surface area contributed by atoms with Gasteiger partial charge in [0, 0.05) is 18.6 Å². The molecule has 3 aromatic heterocycles. The van der Waals surface area contributed by atoms with Crippen LogP contribution in [0.3, 0.4) is 0 Å². The summed E-state index contributed by atoms with van der Waals surface area (Å²) in [5.74, 6) is -7.69. The monoisotopic (exact) mass is 1320 g/mol. The van der Waals surface area contributed by atoms with Gasteiger partial charge in [-0.05, 0) is 55.7 Å². The number of carbonyl (C=O) groups excluding carboxylic acids is 6. The van der Waals surface area contributed by atoms with Gasteiger partial charge in [0.05, 0.1) is 90.2 Å². The number of aromatic amines is 3. The SMILES string of the molecule is CCCCCCCCCCCCCCC(O)C(=O)[O-].CCCCCCCCCCCCCCC(O)C(=O)[O-].CCCCCCCCCCCCCCC(O)C(=O)[O-].O=C([O-])C=Cc1c[nH]cn1.O=C([O-])C=Cc1c[nH]cn1.O=C([O-])C=Cc1c[nH]cn1.[Mo+6]. The van der Waals surface area contributed by atoms with Crippen LogP contribution in [0.2, 0.25) is 0 Å². The Labute approximate surface area is 539 Å². The van der Waals surface area contributed by atoms with E-state index in [0.29, 0.717) is 36.3 Å². The van der Waals surface area contributed by atoms with E-state index in [-0.39, 0.29) is 21.1 Å². The first kappa shape index (κ1) is 88.7.